The molecular weight excluding hydrogens is 270 g/mol. The minimum Gasteiger partial charge on any atom is -0.480 e. The van der Waals surface area contributed by atoms with Crippen molar-refractivity contribution in [1.29, 1.82) is 0 Å². The number of nitrogens with one attached hydrogen (secondary N) is 1. The molecule has 0 aliphatic carbocycles. The van der Waals surface area contributed by atoms with Gasteiger partial charge in [-0.3, -0.25) is 4.79 Å². The van der Waals surface area contributed by atoms with Gasteiger partial charge >= 0.3 is 5.97 Å². The summed E-state index contributed by atoms with van der Waals surface area (Å²) in [4.78, 5) is 15.0. The van der Waals surface area contributed by atoms with E-state index in [0.29, 0.717) is 12.2 Å². The number of imidazole rings is 1. The van der Waals surface area contributed by atoms with Gasteiger partial charge in [-0.15, -0.1) is 0 Å². The molecule has 108 valence electrons. The van der Waals surface area contributed by atoms with Crippen LogP contribution >= 0.6 is 0 Å². The maximum absolute atomic E-state index is 12.1. The Labute approximate surface area is 112 Å². The van der Waals surface area contributed by atoms with Gasteiger partial charge in [-0.2, -0.15) is 4.72 Å². The van der Waals surface area contributed by atoms with E-state index in [2.05, 4.69) is 9.71 Å². The highest BCUT2D eigenvalue weighted by Crippen LogP contribution is 2.13. The Morgan fingerprint density at radius 1 is 1.58 bits per heavy atom. The molecule has 2 N–H and O–H groups in total. The minimum absolute atomic E-state index is 0.165. The zero-order valence-electron chi connectivity index (χ0n) is 11.4. The summed E-state index contributed by atoms with van der Waals surface area (Å²) in [5.74, 6) is -0.960. The highest BCUT2D eigenvalue weighted by Gasteiger charge is 2.30. The maximum atomic E-state index is 12.1. The van der Waals surface area contributed by atoms with Crippen LogP contribution in [0.4, 0.5) is 0 Å². The second-order valence-electron chi connectivity index (χ2n) is 4.56. The minimum atomic E-state index is -3.92. The number of rotatable bonds is 6. The van der Waals surface area contributed by atoms with E-state index in [4.69, 9.17) is 5.11 Å². The number of carbonyl (C=O) groups is 1. The van der Waals surface area contributed by atoms with Gasteiger partial charge in [0.05, 0.1) is 0 Å². The van der Waals surface area contributed by atoms with E-state index in [1.165, 1.54) is 6.20 Å². The molecule has 0 aromatic carbocycles. The SMILES string of the molecule is CCC(C)C(NS(=O)(=O)c1cn(C)c(C)n1)C(=O)O. The van der Waals surface area contributed by atoms with Crippen LogP contribution in [-0.2, 0) is 21.9 Å². The molecule has 1 rings (SSSR count). The Morgan fingerprint density at radius 2 is 2.16 bits per heavy atom. The molecule has 8 heteroatoms. The second-order valence-corrected chi connectivity index (χ2v) is 6.22. The van der Waals surface area contributed by atoms with Gasteiger partial charge in [0.25, 0.3) is 10.0 Å². The molecule has 1 heterocycles. The number of aliphatic carboxylic acids is 1. The first-order valence-electron chi connectivity index (χ1n) is 5.94. The van der Waals surface area contributed by atoms with Crippen molar-refractivity contribution in [3.8, 4) is 0 Å². The van der Waals surface area contributed by atoms with Crippen molar-refractivity contribution >= 4 is 16.0 Å². The predicted molar refractivity (Wildman–Crippen MR) is 69.1 cm³/mol. The molecule has 7 nitrogen and oxygen atoms in total. The van der Waals surface area contributed by atoms with Gasteiger partial charge in [-0.1, -0.05) is 20.3 Å². The van der Waals surface area contributed by atoms with E-state index in [1.54, 1.807) is 32.4 Å². The molecule has 0 aliphatic heterocycles. The van der Waals surface area contributed by atoms with Crippen molar-refractivity contribution in [1.82, 2.24) is 14.3 Å². The van der Waals surface area contributed by atoms with Gasteiger partial charge < -0.3 is 9.67 Å². The van der Waals surface area contributed by atoms with Crippen LogP contribution in [0, 0.1) is 12.8 Å². The van der Waals surface area contributed by atoms with Crippen molar-refractivity contribution in [2.75, 3.05) is 0 Å². The Kier molecular flexibility index (Phi) is 4.70. The lowest BCUT2D eigenvalue weighted by Crippen LogP contribution is -2.45. The first kappa shape index (κ1) is 15.6. The third-order valence-electron chi connectivity index (χ3n) is 3.12. The van der Waals surface area contributed by atoms with E-state index >= 15 is 0 Å². The Bertz CT molecular complexity index is 545. The molecule has 0 fully saturated rings. The zero-order chi connectivity index (χ0) is 14.8. The van der Waals surface area contributed by atoms with Gasteiger partial charge in [0.15, 0.2) is 5.03 Å². The Hall–Kier alpha value is -1.41. The summed E-state index contributed by atoms with van der Waals surface area (Å²) in [6, 6.07) is -1.16. The number of aromatic nitrogens is 2. The molecule has 2 unspecified atom stereocenters. The summed E-state index contributed by atoms with van der Waals surface area (Å²) in [7, 11) is -2.25. The monoisotopic (exact) mass is 289 g/mol. The summed E-state index contributed by atoms with van der Waals surface area (Å²) in [5, 5.41) is 8.93. The fraction of sp³-hybridized carbons (Fsp3) is 0.636. The molecule has 0 bridgehead atoms. The highest BCUT2D eigenvalue weighted by atomic mass is 32.2. The van der Waals surface area contributed by atoms with E-state index in [-0.39, 0.29) is 10.9 Å². The van der Waals surface area contributed by atoms with Crippen molar-refractivity contribution in [2.24, 2.45) is 13.0 Å². The lowest BCUT2D eigenvalue weighted by atomic mass is 10.0. The predicted octanol–water partition coefficient (Wildman–Crippen LogP) is 0.506. The largest absolute Gasteiger partial charge is 0.480 e. The zero-order valence-corrected chi connectivity index (χ0v) is 12.2. The van der Waals surface area contributed by atoms with Gasteiger partial charge in [0, 0.05) is 13.2 Å². The van der Waals surface area contributed by atoms with E-state index in [9.17, 15) is 13.2 Å². The van der Waals surface area contributed by atoms with Gasteiger partial charge in [0.2, 0.25) is 0 Å². The van der Waals surface area contributed by atoms with Crippen molar-refractivity contribution in [2.45, 2.75) is 38.3 Å². The smallest absolute Gasteiger partial charge is 0.322 e. The first-order valence-corrected chi connectivity index (χ1v) is 7.42. The average Bonchev–Trinajstić information content (AvgIpc) is 2.66. The summed E-state index contributed by atoms with van der Waals surface area (Å²) in [5.41, 5.74) is 0. The summed E-state index contributed by atoms with van der Waals surface area (Å²) in [6.07, 6.45) is 1.91. The van der Waals surface area contributed by atoms with Crippen molar-refractivity contribution < 1.29 is 18.3 Å². The van der Waals surface area contributed by atoms with E-state index in [0.717, 1.165) is 0 Å². The maximum Gasteiger partial charge on any atom is 0.322 e. The summed E-state index contributed by atoms with van der Waals surface area (Å²) in [6.45, 7) is 5.16. The normalized spacial score (nSPS) is 15.2. The number of hydrogen-bond acceptors (Lipinski definition) is 4. The number of hydrogen-bond donors (Lipinski definition) is 2. The average molecular weight is 289 g/mol. The molecule has 19 heavy (non-hydrogen) atoms. The van der Waals surface area contributed by atoms with Crippen molar-refractivity contribution in [3.63, 3.8) is 0 Å². The molecule has 2 atom stereocenters. The van der Waals surface area contributed by atoms with Crippen LogP contribution in [0.15, 0.2) is 11.2 Å². The Balaban J connectivity index is 3.04. The Morgan fingerprint density at radius 3 is 2.53 bits per heavy atom. The second kappa shape index (κ2) is 5.70. The fourth-order valence-electron chi connectivity index (χ4n) is 1.53. The number of nitrogens with zero attached hydrogens (tertiary/aromatic N) is 2. The van der Waals surface area contributed by atoms with Crippen LogP contribution in [0.25, 0.3) is 0 Å². The molecule has 0 radical (unpaired) electrons. The third-order valence-corrected chi connectivity index (χ3v) is 4.43. The van der Waals surface area contributed by atoms with Crippen LogP contribution < -0.4 is 4.72 Å². The molecule has 0 saturated heterocycles. The lowest BCUT2D eigenvalue weighted by Gasteiger charge is -2.19. The quantitative estimate of drug-likeness (QED) is 0.794. The van der Waals surface area contributed by atoms with E-state index < -0.39 is 22.0 Å². The molecule has 0 aliphatic rings. The third kappa shape index (κ3) is 3.54. The van der Waals surface area contributed by atoms with Gasteiger partial charge in [-0.25, -0.2) is 13.4 Å². The molecule has 0 amide bonds. The highest BCUT2D eigenvalue weighted by molar-refractivity contribution is 7.89. The van der Waals surface area contributed by atoms with Crippen LogP contribution in [-0.4, -0.2) is 35.1 Å². The van der Waals surface area contributed by atoms with Crippen LogP contribution in [0.2, 0.25) is 0 Å². The molecular formula is C11H19N3O4S. The lowest BCUT2D eigenvalue weighted by molar-refractivity contribution is -0.140. The summed E-state index contributed by atoms with van der Waals surface area (Å²) >= 11 is 0. The number of carboxylic acids is 1. The molecule has 1 aromatic heterocycles. The van der Waals surface area contributed by atoms with Crippen molar-refractivity contribution in [3.05, 3.63) is 12.0 Å². The van der Waals surface area contributed by atoms with E-state index in [1.807, 2.05) is 0 Å². The molecule has 1 aromatic rings. The standard InChI is InChI=1S/C11H19N3O4S/c1-5-7(2)10(11(15)16)13-19(17,18)9-6-14(4)8(3)12-9/h6-7,10,13H,5H2,1-4H3,(H,15,16). The number of carboxylic acid groups (broad SMARTS) is 1. The van der Waals surface area contributed by atoms with Crippen LogP contribution in [0.5, 0.6) is 0 Å². The molecule has 0 saturated carbocycles. The van der Waals surface area contributed by atoms with Gasteiger partial charge in [0.1, 0.15) is 11.9 Å². The van der Waals surface area contributed by atoms with Crippen LogP contribution in [0.1, 0.15) is 26.1 Å². The van der Waals surface area contributed by atoms with Gasteiger partial charge in [-0.05, 0) is 12.8 Å². The fourth-order valence-corrected chi connectivity index (χ4v) is 2.87. The number of aryl methyl sites for hydroxylation is 2. The van der Waals surface area contributed by atoms with Crippen LogP contribution in [0.3, 0.4) is 0 Å². The first-order chi connectivity index (χ1) is 8.69. The summed E-state index contributed by atoms with van der Waals surface area (Å²) < 4.78 is 27.9. The number of sulfonamides is 1. The molecule has 0 spiro atoms. The topological polar surface area (TPSA) is 101 Å².